The lowest BCUT2D eigenvalue weighted by atomic mass is 10.4. The Morgan fingerprint density at radius 2 is 2.20 bits per heavy atom. The molecule has 2 heterocycles. The average Bonchev–Trinajstić information content (AvgIpc) is 2.77. The first-order valence-corrected chi connectivity index (χ1v) is 6.27. The van der Waals surface area contributed by atoms with Crippen LogP contribution in [0.2, 0.25) is 0 Å². The Morgan fingerprint density at radius 1 is 1.45 bits per heavy atom. The summed E-state index contributed by atoms with van der Waals surface area (Å²) in [7, 11) is 0. The van der Waals surface area contributed by atoms with Crippen LogP contribution in [0.15, 0.2) is 17.4 Å². The van der Waals surface area contributed by atoms with Gasteiger partial charge in [0.2, 0.25) is 5.91 Å². The summed E-state index contributed by atoms with van der Waals surface area (Å²) in [5, 5.41) is 14.6. The monoisotopic (exact) mass is 276 g/mol. The molecule has 0 radical (unpaired) electrons. The Morgan fingerprint density at radius 3 is 2.85 bits per heavy atom. The zero-order chi connectivity index (χ0) is 14.7. The summed E-state index contributed by atoms with van der Waals surface area (Å²) in [4.78, 5) is 23.9. The SMILES string of the molecule is C=CCNC(=O)Cn1nnc2c(C)nn(CC)c2c1=O. The third-order valence-electron chi connectivity index (χ3n) is 2.82. The number of carbonyl (C=O) groups is 1. The molecule has 0 unspecified atom stereocenters. The molecule has 0 aliphatic heterocycles. The Hall–Kier alpha value is -2.51. The van der Waals surface area contributed by atoms with E-state index in [1.165, 1.54) is 0 Å². The summed E-state index contributed by atoms with van der Waals surface area (Å²) in [6.07, 6.45) is 1.56. The van der Waals surface area contributed by atoms with Crippen molar-refractivity contribution in [1.82, 2.24) is 30.1 Å². The summed E-state index contributed by atoms with van der Waals surface area (Å²) in [5.74, 6) is -0.320. The molecule has 2 aromatic rings. The van der Waals surface area contributed by atoms with E-state index in [4.69, 9.17) is 0 Å². The Kier molecular flexibility index (Phi) is 3.92. The number of carbonyl (C=O) groups excluding carboxylic acids is 1. The van der Waals surface area contributed by atoms with Crippen LogP contribution in [0.25, 0.3) is 11.0 Å². The number of hydrogen-bond donors (Lipinski definition) is 1. The van der Waals surface area contributed by atoms with Gasteiger partial charge in [-0.1, -0.05) is 11.3 Å². The first-order valence-electron chi connectivity index (χ1n) is 6.27. The van der Waals surface area contributed by atoms with E-state index in [0.717, 1.165) is 4.68 Å². The number of nitrogens with one attached hydrogen (secondary N) is 1. The van der Waals surface area contributed by atoms with Gasteiger partial charge in [-0.2, -0.15) is 9.78 Å². The van der Waals surface area contributed by atoms with Gasteiger partial charge in [-0.3, -0.25) is 14.3 Å². The highest BCUT2D eigenvalue weighted by Gasteiger charge is 2.15. The van der Waals surface area contributed by atoms with Crippen molar-refractivity contribution in [1.29, 1.82) is 0 Å². The van der Waals surface area contributed by atoms with Crippen LogP contribution in [-0.2, 0) is 17.9 Å². The third-order valence-corrected chi connectivity index (χ3v) is 2.82. The summed E-state index contributed by atoms with van der Waals surface area (Å²) < 4.78 is 2.61. The third kappa shape index (κ3) is 2.44. The highest BCUT2D eigenvalue weighted by molar-refractivity contribution is 5.77. The van der Waals surface area contributed by atoms with Gasteiger partial charge in [0.15, 0.2) is 5.52 Å². The average molecular weight is 276 g/mol. The van der Waals surface area contributed by atoms with Gasteiger partial charge in [0, 0.05) is 13.1 Å². The molecule has 1 N–H and O–H groups in total. The highest BCUT2D eigenvalue weighted by Crippen LogP contribution is 2.09. The molecule has 0 saturated heterocycles. The molecular formula is C12H16N6O2. The molecule has 0 aliphatic rings. The van der Waals surface area contributed by atoms with Crippen LogP contribution < -0.4 is 10.9 Å². The van der Waals surface area contributed by atoms with Gasteiger partial charge in [-0.15, -0.1) is 11.7 Å². The minimum absolute atomic E-state index is 0.177. The van der Waals surface area contributed by atoms with Crippen molar-refractivity contribution in [3.8, 4) is 0 Å². The van der Waals surface area contributed by atoms with E-state index in [1.54, 1.807) is 17.7 Å². The van der Waals surface area contributed by atoms with E-state index in [-0.39, 0.29) is 18.0 Å². The van der Waals surface area contributed by atoms with Crippen LogP contribution in [0.3, 0.4) is 0 Å². The fourth-order valence-electron chi connectivity index (χ4n) is 1.88. The molecule has 1 amide bonds. The van der Waals surface area contributed by atoms with E-state index in [1.807, 2.05) is 6.92 Å². The van der Waals surface area contributed by atoms with Gasteiger partial charge in [0.1, 0.15) is 12.1 Å². The molecule has 0 saturated carbocycles. The lowest BCUT2D eigenvalue weighted by Gasteiger charge is -2.04. The van der Waals surface area contributed by atoms with Crippen molar-refractivity contribution in [3.63, 3.8) is 0 Å². The van der Waals surface area contributed by atoms with Crippen LogP contribution >= 0.6 is 0 Å². The van der Waals surface area contributed by atoms with Crippen molar-refractivity contribution in [2.45, 2.75) is 26.9 Å². The number of aryl methyl sites for hydroxylation is 2. The molecule has 0 aromatic carbocycles. The van der Waals surface area contributed by atoms with Gasteiger partial charge in [0.25, 0.3) is 5.56 Å². The van der Waals surface area contributed by atoms with E-state index in [2.05, 4.69) is 27.3 Å². The van der Waals surface area contributed by atoms with Gasteiger partial charge in [0.05, 0.1) is 5.69 Å². The number of rotatable bonds is 5. The van der Waals surface area contributed by atoms with Crippen molar-refractivity contribution >= 4 is 16.9 Å². The van der Waals surface area contributed by atoms with Gasteiger partial charge >= 0.3 is 0 Å². The van der Waals surface area contributed by atoms with E-state index in [9.17, 15) is 9.59 Å². The molecule has 2 rings (SSSR count). The lowest BCUT2D eigenvalue weighted by molar-refractivity contribution is -0.121. The van der Waals surface area contributed by atoms with Crippen LogP contribution in [0.4, 0.5) is 0 Å². The van der Waals surface area contributed by atoms with Crippen LogP contribution in [0, 0.1) is 6.92 Å². The van der Waals surface area contributed by atoms with Crippen LogP contribution in [-0.4, -0.2) is 37.2 Å². The van der Waals surface area contributed by atoms with Gasteiger partial charge in [-0.05, 0) is 13.8 Å². The quantitative estimate of drug-likeness (QED) is 0.751. The number of hydrogen-bond acceptors (Lipinski definition) is 5. The van der Waals surface area contributed by atoms with Crippen LogP contribution in [0.5, 0.6) is 0 Å². The molecule has 0 aliphatic carbocycles. The Bertz CT molecular complexity index is 715. The summed E-state index contributed by atoms with van der Waals surface area (Å²) in [5.41, 5.74) is 1.12. The maximum Gasteiger partial charge on any atom is 0.296 e. The molecule has 0 bridgehead atoms. The largest absolute Gasteiger partial charge is 0.351 e. The maximum atomic E-state index is 12.3. The van der Waals surface area contributed by atoms with Crippen molar-refractivity contribution < 1.29 is 4.79 Å². The van der Waals surface area contributed by atoms with Gasteiger partial charge in [-0.25, -0.2) is 0 Å². The van der Waals surface area contributed by atoms with E-state index in [0.29, 0.717) is 29.8 Å². The van der Waals surface area contributed by atoms with E-state index < -0.39 is 0 Å². The van der Waals surface area contributed by atoms with E-state index >= 15 is 0 Å². The summed E-state index contributed by atoms with van der Waals surface area (Å²) >= 11 is 0. The second-order valence-electron chi connectivity index (χ2n) is 4.24. The van der Waals surface area contributed by atoms with Crippen molar-refractivity contribution in [2.75, 3.05) is 6.54 Å². The molecule has 0 atom stereocenters. The number of aromatic nitrogens is 5. The fraction of sp³-hybridized carbons (Fsp3) is 0.417. The molecule has 2 aromatic heterocycles. The first kappa shape index (κ1) is 13.9. The van der Waals surface area contributed by atoms with Gasteiger partial charge < -0.3 is 5.32 Å². The zero-order valence-corrected chi connectivity index (χ0v) is 11.5. The minimum Gasteiger partial charge on any atom is -0.351 e. The Labute approximate surface area is 115 Å². The number of amides is 1. The van der Waals surface area contributed by atoms with Crippen molar-refractivity contribution in [3.05, 3.63) is 28.7 Å². The molecule has 106 valence electrons. The minimum atomic E-state index is -0.369. The predicted molar refractivity (Wildman–Crippen MR) is 73.2 cm³/mol. The summed E-state index contributed by atoms with van der Waals surface area (Å²) in [6, 6.07) is 0. The molecule has 0 spiro atoms. The molecule has 8 nitrogen and oxygen atoms in total. The molecule has 20 heavy (non-hydrogen) atoms. The predicted octanol–water partition coefficient (Wildman–Crippen LogP) is -0.381. The topological polar surface area (TPSA) is 94.7 Å². The molecule has 0 fully saturated rings. The van der Waals surface area contributed by atoms with Crippen molar-refractivity contribution in [2.24, 2.45) is 0 Å². The maximum absolute atomic E-state index is 12.3. The standard InChI is InChI=1S/C12H16N6O2/c1-4-6-13-9(19)7-18-12(20)11-10(14-16-18)8(3)15-17(11)5-2/h4H,1,5-7H2,2-3H3,(H,13,19). The fourth-order valence-corrected chi connectivity index (χ4v) is 1.88. The second kappa shape index (κ2) is 5.64. The smallest absolute Gasteiger partial charge is 0.296 e. The number of fused-ring (bicyclic) bond motifs is 1. The molecular weight excluding hydrogens is 260 g/mol. The second-order valence-corrected chi connectivity index (χ2v) is 4.24. The lowest BCUT2D eigenvalue weighted by Crippen LogP contribution is -2.34. The first-order chi connectivity index (χ1) is 9.58. The number of nitrogens with zero attached hydrogens (tertiary/aromatic N) is 5. The highest BCUT2D eigenvalue weighted by atomic mass is 16.2. The van der Waals surface area contributed by atoms with Crippen LogP contribution in [0.1, 0.15) is 12.6 Å². The normalized spacial score (nSPS) is 10.7. The molecule has 8 heteroatoms. The Balaban J connectivity index is 2.41. The zero-order valence-electron chi connectivity index (χ0n) is 11.5. The summed E-state index contributed by atoms with van der Waals surface area (Å²) in [6.45, 7) is 7.87.